The minimum Gasteiger partial charge on any atom is -0.455 e. The molecule has 0 saturated carbocycles. The van der Waals surface area contributed by atoms with Gasteiger partial charge >= 0.3 is 5.69 Å². The van der Waals surface area contributed by atoms with Crippen LogP contribution in [0.4, 0.5) is 5.69 Å². The van der Waals surface area contributed by atoms with Crippen molar-refractivity contribution >= 4 is 5.69 Å². The first-order valence-corrected chi connectivity index (χ1v) is 5.57. The molecule has 104 valence electrons. The summed E-state index contributed by atoms with van der Waals surface area (Å²) >= 11 is 0. The highest BCUT2D eigenvalue weighted by Gasteiger charge is 2.44. The molecule has 1 aromatic carbocycles. The number of benzene rings is 1. The van der Waals surface area contributed by atoms with Gasteiger partial charge in [-0.2, -0.15) is 0 Å². The third-order valence-electron chi connectivity index (χ3n) is 2.80. The predicted octanol–water partition coefficient (Wildman–Crippen LogP) is -0.587. The number of hydrogen-bond donors (Lipinski definition) is 3. The van der Waals surface area contributed by atoms with Gasteiger partial charge in [0.2, 0.25) is 6.29 Å². The molecule has 2 rings (SSSR count). The number of aliphatic hydroxyl groups is 3. The van der Waals surface area contributed by atoms with Crippen molar-refractivity contribution in [3.63, 3.8) is 0 Å². The third-order valence-corrected chi connectivity index (χ3v) is 2.80. The SMILES string of the molecule is O=[N+]([O-])c1ccccc1O[C@@H]1O[C@H](CO)[C@H](O)[C@H]1O. The van der Waals surface area contributed by atoms with Crippen LogP contribution in [0.2, 0.25) is 0 Å². The van der Waals surface area contributed by atoms with Crippen molar-refractivity contribution in [2.75, 3.05) is 6.61 Å². The molecule has 1 aliphatic heterocycles. The van der Waals surface area contributed by atoms with E-state index in [-0.39, 0.29) is 11.4 Å². The number of aliphatic hydroxyl groups excluding tert-OH is 3. The first kappa shape index (κ1) is 13.7. The number of para-hydroxylation sites is 2. The van der Waals surface area contributed by atoms with Crippen LogP contribution in [0.3, 0.4) is 0 Å². The van der Waals surface area contributed by atoms with E-state index in [0.717, 1.165) is 0 Å². The summed E-state index contributed by atoms with van der Waals surface area (Å²) in [5, 5.41) is 38.9. The maximum atomic E-state index is 10.8. The molecular weight excluding hydrogens is 258 g/mol. The van der Waals surface area contributed by atoms with E-state index >= 15 is 0 Å². The molecule has 0 aromatic heterocycles. The molecular formula is C11H13NO7. The van der Waals surface area contributed by atoms with E-state index in [0.29, 0.717) is 0 Å². The number of hydrogen-bond acceptors (Lipinski definition) is 7. The lowest BCUT2D eigenvalue weighted by Gasteiger charge is -2.16. The van der Waals surface area contributed by atoms with Gasteiger partial charge in [0.15, 0.2) is 5.75 Å². The second-order valence-corrected chi connectivity index (χ2v) is 4.05. The van der Waals surface area contributed by atoms with E-state index < -0.39 is 36.1 Å². The average molecular weight is 271 g/mol. The minimum absolute atomic E-state index is 0.0812. The number of nitrogens with zero attached hydrogens (tertiary/aromatic N) is 1. The van der Waals surface area contributed by atoms with Crippen LogP contribution in [0.25, 0.3) is 0 Å². The fourth-order valence-corrected chi connectivity index (χ4v) is 1.80. The summed E-state index contributed by atoms with van der Waals surface area (Å²) in [4.78, 5) is 10.2. The van der Waals surface area contributed by atoms with Gasteiger partial charge in [0, 0.05) is 6.07 Å². The third kappa shape index (κ3) is 2.66. The van der Waals surface area contributed by atoms with Crippen molar-refractivity contribution in [1.82, 2.24) is 0 Å². The van der Waals surface area contributed by atoms with Crippen LogP contribution in [0.5, 0.6) is 5.75 Å². The van der Waals surface area contributed by atoms with Crippen molar-refractivity contribution < 1.29 is 29.7 Å². The molecule has 0 amide bonds. The maximum Gasteiger partial charge on any atom is 0.311 e. The summed E-state index contributed by atoms with van der Waals surface area (Å²) < 4.78 is 10.3. The van der Waals surface area contributed by atoms with E-state index in [4.69, 9.17) is 14.6 Å². The van der Waals surface area contributed by atoms with Gasteiger partial charge in [-0.1, -0.05) is 12.1 Å². The monoisotopic (exact) mass is 271 g/mol. The Bertz CT molecular complexity index is 466. The molecule has 1 saturated heterocycles. The second kappa shape index (κ2) is 5.49. The topological polar surface area (TPSA) is 122 Å². The molecule has 0 bridgehead atoms. The van der Waals surface area contributed by atoms with Gasteiger partial charge in [0.1, 0.15) is 18.3 Å². The van der Waals surface area contributed by atoms with Gasteiger partial charge in [-0.05, 0) is 6.07 Å². The highest BCUT2D eigenvalue weighted by molar-refractivity contribution is 5.45. The van der Waals surface area contributed by atoms with Gasteiger partial charge < -0.3 is 24.8 Å². The fourth-order valence-electron chi connectivity index (χ4n) is 1.80. The van der Waals surface area contributed by atoms with Gasteiger partial charge in [0.25, 0.3) is 0 Å². The molecule has 1 heterocycles. The van der Waals surface area contributed by atoms with Gasteiger partial charge in [0.05, 0.1) is 11.5 Å². The highest BCUT2D eigenvalue weighted by Crippen LogP contribution is 2.30. The van der Waals surface area contributed by atoms with Crippen LogP contribution >= 0.6 is 0 Å². The molecule has 0 spiro atoms. The van der Waals surface area contributed by atoms with E-state index in [1.807, 2.05) is 0 Å². The quantitative estimate of drug-likeness (QED) is 0.494. The first-order valence-electron chi connectivity index (χ1n) is 5.57. The Labute approximate surface area is 108 Å². The van der Waals surface area contributed by atoms with E-state index in [9.17, 15) is 20.3 Å². The second-order valence-electron chi connectivity index (χ2n) is 4.05. The Morgan fingerprint density at radius 2 is 2.00 bits per heavy atom. The lowest BCUT2D eigenvalue weighted by Crippen LogP contribution is -2.35. The van der Waals surface area contributed by atoms with Crippen LogP contribution in [0.1, 0.15) is 0 Å². The zero-order valence-corrected chi connectivity index (χ0v) is 9.75. The Kier molecular flexibility index (Phi) is 3.96. The van der Waals surface area contributed by atoms with Crippen molar-refractivity contribution in [1.29, 1.82) is 0 Å². The molecule has 3 N–H and O–H groups in total. The smallest absolute Gasteiger partial charge is 0.311 e. The lowest BCUT2D eigenvalue weighted by atomic mass is 10.1. The average Bonchev–Trinajstić information content (AvgIpc) is 2.67. The summed E-state index contributed by atoms with van der Waals surface area (Å²) in [6.07, 6.45) is -4.95. The van der Waals surface area contributed by atoms with Crippen LogP contribution in [-0.2, 0) is 4.74 Å². The predicted molar refractivity (Wildman–Crippen MR) is 61.5 cm³/mol. The molecule has 1 fully saturated rings. The molecule has 8 nitrogen and oxygen atoms in total. The normalized spacial score (nSPS) is 30.3. The van der Waals surface area contributed by atoms with E-state index in [2.05, 4.69) is 0 Å². The molecule has 19 heavy (non-hydrogen) atoms. The van der Waals surface area contributed by atoms with Crippen molar-refractivity contribution in [3.8, 4) is 5.75 Å². The van der Waals surface area contributed by atoms with Gasteiger partial charge in [-0.3, -0.25) is 10.1 Å². The molecule has 1 aromatic rings. The zero-order valence-electron chi connectivity index (χ0n) is 9.75. The Hall–Kier alpha value is -1.74. The Morgan fingerprint density at radius 1 is 1.32 bits per heavy atom. The van der Waals surface area contributed by atoms with E-state index in [1.54, 1.807) is 0 Å². The fraction of sp³-hybridized carbons (Fsp3) is 0.455. The number of ether oxygens (including phenoxy) is 2. The number of nitro groups is 1. The van der Waals surface area contributed by atoms with Gasteiger partial charge in [-0.15, -0.1) is 0 Å². The highest BCUT2D eigenvalue weighted by atomic mass is 16.7. The van der Waals surface area contributed by atoms with Gasteiger partial charge in [-0.25, -0.2) is 0 Å². The summed E-state index contributed by atoms with van der Waals surface area (Å²) in [6, 6.07) is 5.61. The summed E-state index contributed by atoms with van der Waals surface area (Å²) in [7, 11) is 0. The van der Waals surface area contributed by atoms with Crippen LogP contribution in [0, 0.1) is 10.1 Å². The van der Waals surface area contributed by atoms with Crippen LogP contribution in [-0.4, -0.2) is 51.5 Å². The Balaban J connectivity index is 2.16. The first-order chi connectivity index (χ1) is 9.04. The van der Waals surface area contributed by atoms with Crippen molar-refractivity contribution in [2.24, 2.45) is 0 Å². The molecule has 0 radical (unpaired) electrons. The van der Waals surface area contributed by atoms with Crippen LogP contribution < -0.4 is 4.74 Å². The summed E-state index contributed by atoms with van der Waals surface area (Å²) in [5.74, 6) is -0.0812. The van der Waals surface area contributed by atoms with Crippen molar-refractivity contribution in [2.45, 2.75) is 24.6 Å². The van der Waals surface area contributed by atoms with E-state index in [1.165, 1.54) is 24.3 Å². The summed E-state index contributed by atoms with van der Waals surface area (Å²) in [5.41, 5.74) is -0.278. The lowest BCUT2D eigenvalue weighted by molar-refractivity contribution is -0.386. The number of nitro benzene ring substituents is 1. The molecule has 1 aliphatic rings. The number of rotatable bonds is 4. The minimum atomic E-state index is -1.39. The summed E-state index contributed by atoms with van der Waals surface area (Å²) in [6.45, 7) is -0.491. The van der Waals surface area contributed by atoms with Crippen LogP contribution in [0.15, 0.2) is 24.3 Å². The molecule has 0 unspecified atom stereocenters. The Morgan fingerprint density at radius 3 is 2.58 bits per heavy atom. The molecule has 0 aliphatic carbocycles. The maximum absolute atomic E-state index is 10.8. The van der Waals surface area contributed by atoms with Crippen molar-refractivity contribution in [3.05, 3.63) is 34.4 Å². The zero-order chi connectivity index (χ0) is 14.0. The standard InChI is InChI=1S/C11H13NO7/c13-5-8-9(14)10(15)11(19-8)18-7-4-2-1-3-6(7)12(16)17/h1-4,8-11,13-15H,5H2/t8-,9+,10-,11-/m1/s1. The molecule has 4 atom stereocenters. The largest absolute Gasteiger partial charge is 0.455 e. The molecule has 8 heteroatoms.